The van der Waals surface area contributed by atoms with E-state index >= 15 is 0 Å². The number of carbonyl (C=O) groups is 3. The summed E-state index contributed by atoms with van der Waals surface area (Å²) in [7, 11) is 1.39. The zero-order chi connectivity index (χ0) is 25.2. The fraction of sp³-hybridized carbons (Fsp3) is 0.462. The fourth-order valence-corrected chi connectivity index (χ4v) is 4.40. The third kappa shape index (κ3) is 5.13. The number of amides is 1. The van der Waals surface area contributed by atoms with E-state index in [9.17, 15) is 18.8 Å². The average Bonchev–Trinajstić information content (AvgIpc) is 3.61. The van der Waals surface area contributed by atoms with Gasteiger partial charge in [0, 0.05) is 24.6 Å². The summed E-state index contributed by atoms with van der Waals surface area (Å²) in [6.07, 6.45) is 3.77. The van der Waals surface area contributed by atoms with Crippen LogP contribution in [0.2, 0.25) is 0 Å². The second-order valence-corrected chi connectivity index (χ2v) is 9.07. The predicted octanol–water partition coefficient (Wildman–Crippen LogP) is 3.86. The molecule has 1 N–H and O–H groups in total. The number of rotatable bonds is 8. The molecule has 1 saturated carbocycles. The molecule has 1 heterocycles. The summed E-state index contributed by atoms with van der Waals surface area (Å²) in [6, 6.07) is 6.16. The van der Waals surface area contributed by atoms with Crippen LogP contribution in [0.5, 0.6) is 11.5 Å². The van der Waals surface area contributed by atoms with Crippen LogP contribution in [-0.4, -0.2) is 41.6 Å². The highest BCUT2D eigenvalue weighted by atomic mass is 19.1. The molecule has 2 aliphatic rings. The molecule has 35 heavy (non-hydrogen) atoms. The molecule has 2 unspecified atom stereocenters. The molecule has 0 aliphatic heterocycles. The number of esters is 2. The molecular weight excluding hydrogens is 455 g/mol. The standard InChI is InChI=1S/C26H29FN2O6/c1-4-5-21(30)35-23-20(33-3)10-13-28-22(23)24(31)29-26(11-12-26)25(32)34-19-9-6-16-14-17(27)7-8-18(16)15(19)2/h7-8,10,13-15,19H,4-6,9,11-12H2,1-3H3,(H,29,31). The van der Waals surface area contributed by atoms with Gasteiger partial charge in [0.1, 0.15) is 17.5 Å². The fourth-order valence-electron chi connectivity index (χ4n) is 4.40. The molecule has 1 fully saturated rings. The molecule has 1 aromatic carbocycles. The Hall–Kier alpha value is -3.49. The van der Waals surface area contributed by atoms with Gasteiger partial charge in [-0.15, -0.1) is 0 Å². The molecule has 1 aromatic heterocycles. The van der Waals surface area contributed by atoms with Gasteiger partial charge in [0.05, 0.1) is 7.11 Å². The van der Waals surface area contributed by atoms with E-state index in [0.29, 0.717) is 32.1 Å². The molecule has 186 valence electrons. The number of carbonyl (C=O) groups excluding carboxylic acids is 3. The highest BCUT2D eigenvalue weighted by molar-refractivity contribution is 6.00. The van der Waals surface area contributed by atoms with Crippen molar-refractivity contribution in [1.29, 1.82) is 0 Å². The van der Waals surface area contributed by atoms with Crippen molar-refractivity contribution < 1.29 is 33.0 Å². The van der Waals surface area contributed by atoms with Gasteiger partial charge >= 0.3 is 11.9 Å². The number of methoxy groups -OCH3 is 1. The van der Waals surface area contributed by atoms with Crippen LogP contribution in [0, 0.1) is 5.82 Å². The Kier molecular flexibility index (Phi) is 7.05. The summed E-state index contributed by atoms with van der Waals surface area (Å²) in [4.78, 5) is 42.4. The summed E-state index contributed by atoms with van der Waals surface area (Å²) < 4.78 is 30.0. The van der Waals surface area contributed by atoms with Crippen LogP contribution in [0.4, 0.5) is 4.39 Å². The number of hydrogen-bond acceptors (Lipinski definition) is 7. The second kappa shape index (κ2) is 10.0. The Labute approximate surface area is 203 Å². The first kappa shape index (κ1) is 24.6. The minimum Gasteiger partial charge on any atom is -0.493 e. The molecule has 8 nitrogen and oxygen atoms in total. The number of halogens is 1. The van der Waals surface area contributed by atoms with E-state index in [-0.39, 0.29) is 41.5 Å². The van der Waals surface area contributed by atoms with Crippen molar-refractivity contribution in [2.45, 2.75) is 69.9 Å². The van der Waals surface area contributed by atoms with Gasteiger partial charge in [0.25, 0.3) is 5.91 Å². The van der Waals surface area contributed by atoms with Crippen LogP contribution in [0.1, 0.15) is 73.5 Å². The number of hydrogen-bond donors (Lipinski definition) is 1. The van der Waals surface area contributed by atoms with Crippen molar-refractivity contribution in [2.24, 2.45) is 0 Å². The molecule has 0 bridgehead atoms. The van der Waals surface area contributed by atoms with Gasteiger partial charge in [0.15, 0.2) is 11.4 Å². The number of benzene rings is 1. The number of nitrogens with one attached hydrogen (secondary N) is 1. The molecule has 2 aliphatic carbocycles. The van der Waals surface area contributed by atoms with Crippen LogP contribution in [0.25, 0.3) is 0 Å². The van der Waals surface area contributed by atoms with Crippen molar-refractivity contribution >= 4 is 17.8 Å². The van der Waals surface area contributed by atoms with Gasteiger partial charge in [-0.25, -0.2) is 14.2 Å². The Morgan fingerprint density at radius 2 is 2.00 bits per heavy atom. The van der Waals surface area contributed by atoms with E-state index in [4.69, 9.17) is 14.2 Å². The lowest BCUT2D eigenvalue weighted by molar-refractivity contribution is -0.154. The first-order valence-electron chi connectivity index (χ1n) is 11.8. The molecule has 2 atom stereocenters. The molecule has 4 rings (SSSR count). The smallest absolute Gasteiger partial charge is 0.332 e. The average molecular weight is 485 g/mol. The number of pyridine rings is 1. The SMILES string of the molecule is CCCC(=O)Oc1c(OC)ccnc1C(=O)NC1(C(=O)OC2CCc3cc(F)ccc3C2C)CC1. The van der Waals surface area contributed by atoms with E-state index in [2.05, 4.69) is 10.3 Å². The van der Waals surface area contributed by atoms with Gasteiger partial charge in [-0.05, 0) is 55.4 Å². The zero-order valence-electron chi connectivity index (χ0n) is 20.1. The Balaban J connectivity index is 1.47. The van der Waals surface area contributed by atoms with E-state index in [0.717, 1.165) is 11.1 Å². The highest BCUT2D eigenvalue weighted by Gasteiger charge is 2.54. The first-order valence-corrected chi connectivity index (χ1v) is 11.8. The Bertz CT molecular complexity index is 1150. The molecule has 2 aromatic rings. The van der Waals surface area contributed by atoms with Crippen molar-refractivity contribution in [2.75, 3.05) is 7.11 Å². The van der Waals surface area contributed by atoms with Crippen LogP contribution < -0.4 is 14.8 Å². The van der Waals surface area contributed by atoms with Gasteiger partial charge < -0.3 is 19.5 Å². The first-order chi connectivity index (χ1) is 16.8. The highest BCUT2D eigenvalue weighted by Crippen LogP contribution is 2.41. The third-order valence-electron chi connectivity index (χ3n) is 6.58. The maximum Gasteiger partial charge on any atom is 0.332 e. The van der Waals surface area contributed by atoms with Crippen LogP contribution >= 0.6 is 0 Å². The lowest BCUT2D eigenvalue weighted by Gasteiger charge is -2.32. The number of aryl methyl sites for hydroxylation is 1. The van der Waals surface area contributed by atoms with E-state index in [1.54, 1.807) is 6.07 Å². The molecule has 0 radical (unpaired) electrons. The minimum absolute atomic E-state index is 0.0835. The van der Waals surface area contributed by atoms with Crippen molar-refractivity contribution in [3.05, 3.63) is 53.1 Å². The number of aromatic nitrogens is 1. The van der Waals surface area contributed by atoms with Crippen molar-refractivity contribution in [1.82, 2.24) is 10.3 Å². The molecular formula is C26H29FN2O6. The zero-order valence-corrected chi connectivity index (χ0v) is 20.1. The summed E-state index contributed by atoms with van der Waals surface area (Å²) in [5, 5.41) is 2.74. The summed E-state index contributed by atoms with van der Waals surface area (Å²) >= 11 is 0. The van der Waals surface area contributed by atoms with Crippen molar-refractivity contribution in [3.8, 4) is 11.5 Å². The van der Waals surface area contributed by atoms with E-state index < -0.39 is 23.4 Å². The molecule has 9 heteroatoms. The normalized spacial score (nSPS) is 19.8. The number of fused-ring (bicyclic) bond motifs is 1. The molecule has 1 amide bonds. The topological polar surface area (TPSA) is 104 Å². The van der Waals surface area contributed by atoms with Crippen LogP contribution in [-0.2, 0) is 20.7 Å². The Morgan fingerprint density at radius 3 is 2.69 bits per heavy atom. The summed E-state index contributed by atoms with van der Waals surface area (Å²) in [6.45, 7) is 3.78. The maximum absolute atomic E-state index is 13.6. The van der Waals surface area contributed by atoms with Gasteiger partial charge in [0.2, 0.25) is 5.75 Å². The summed E-state index contributed by atoms with van der Waals surface area (Å²) in [5.74, 6) is -1.96. The molecule has 0 spiro atoms. The van der Waals surface area contributed by atoms with Gasteiger partial charge in [-0.1, -0.05) is 19.9 Å². The maximum atomic E-state index is 13.6. The second-order valence-electron chi connectivity index (χ2n) is 9.07. The molecule has 0 saturated heterocycles. The minimum atomic E-state index is -1.16. The van der Waals surface area contributed by atoms with Gasteiger partial charge in [-0.2, -0.15) is 0 Å². The predicted molar refractivity (Wildman–Crippen MR) is 124 cm³/mol. The Morgan fingerprint density at radius 1 is 1.23 bits per heavy atom. The van der Waals surface area contributed by atoms with Gasteiger partial charge in [-0.3, -0.25) is 9.59 Å². The van der Waals surface area contributed by atoms with Crippen LogP contribution in [0.15, 0.2) is 30.5 Å². The number of ether oxygens (including phenoxy) is 3. The van der Waals surface area contributed by atoms with E-state index in [1.807, 2.05) is 13.8 Å². The lowest BCUT2D eigenvalue weighted by atomic mass is 9.81. The number of nitrogens with zero attached hydrogens (tertiary/aromatic N) is 1. The largest absolute Gasteiger partial charge is 0.493 e. The third-order valence-corrected chi connectivity index (χ3v) is 6.58. The van der Waals surface area contributed by atoms with Crippen LogP contribution in [0.3, 0.4) is 0 Å². The van der Waals surface area contributed by atoms with E-state index in [1.165, 1.54) is 31.5 Å². The lowest BCUT2D eigenvalue weighted by Crippen LogP contribution is -2.46. The monoisotopic (exact) mass is 484 g/mol. The summed E-state index contributed by atoms with van der Waals surface area (Å²) in [5.41, 5.74) is 0.585. The quantitative estimate of drug-likeness (QED) is 0.568. The van der Waals surface area contributed by atoms with Crippen molar-refractivity contribution in [3.63, 3.8) is 0 Å².